The summed E-state index contributed by atoms with van der Waals surface area (Å²) in [6.45, 7) is 2.10. The zero-order valence-electron chi connectivity index (χ0n) is 9.54. The fraction of sp³-hybridized carbons (Fsp3) is 0.231. The van der Waals surface area contributed by atoms with Gasteiger partial charge in [0.25, 0.3) is 0 Å². The van der Waals surface area contributed by atoms with E-state index >= 15 is 0 Å². The van der Waals surface area contributed by atoms with Crippen LogP contribution in [0.2, 0.25) is 0 Å². The van der Waals surface area contributed by atoms with E-state index in [2.05, 4.69) is 69.0 Å². The Balaban J connectivity index is 2.42. The van der Waals surface area contributed by atoms with E-state index in [1.807, 2.05) is 6.07 Å². The Kier molecular flexibility index (Phi) is 4.49. The highest BCUT2D eigenvalue weighted by molar-refractivity contribution is 14.1. The minimum Gasteiger partial charge on any atom is -0.496 e. The lowest BCUT2D eigenvalue weighted by molar-refractivity contribution is 0.410. The Labute approximate surface area is 127 Å². The Morgan fingerprint density at radius 2 is 2.12 bits per heavy atom. The molecular weight excluding hydrogens is 411 g/mol. The molecular formula is C13H12BrIOS. The predicted octanol–water partition coefficient (Wildman–Crippen LogP) is 5.15. The van der Waals surface area contributed by atoms with E-state index in [0.29, 0.717) is 0 Å². The molecule has 2 aromatic rings. The molecule has 1 aromatic carbocycles. The van der Waals surface area contributed by atoms with E-state index in [1.165, 1.54) is 19.6 Å². The van der Waals surface area contributed by atoms with Gasteiger partial charge in [-0.3, -0.25) is 0 Å². The lowest BCUT2D eigenvalue weighted by Gasteiger charge is -2.14. The van der Waals surface area contributed by atoms with Crippen molar-refractivity contribution in [2.45, 2.75) is 11.8 Å². The van der Waals surface area contributed by atoms with Crippen LogP contribution in [0.1, 0.15) is 21.5 Å². The van der Waals surface area contributed by atoms with E-state index in [-0.39, 0.29) is 4.83 Å². The van der Waals surface area contributed by atoms with Gasteiger partial charge in [-0.05, 0) is 52.6 Å². The molecule has 0 amide bonds. The number of hydrogen-bond donors (Lipinski definition) is 0. The van der Waals surface area contributed by atoms with Gasteiger partial charge in [0.1, 0.15) is 5.75 Å². The van der Waals surface area contributed by atoms with Crippen molar-refractivity contribution in [1.82, 2.24) is 0 Å². The van der Waals surface area contributed by atoms with Crippen LogP contribution in [-0.2, 0) is 0 Å². The van der Waals surface area contributed by atoms with Crippen molar-refractivity contribution < 1.29 is 4.74 Å². The summed E-state index contributed by atoms with van der Waals surface area (Å²) >= 11 is 7.86. The van der Waals surface area contributed by atoms with Crippen LogP contribution in [0, 0.1) is 9.81 Å². The molecule has 17 heavy (non-hydrogen) atoms. The van der Waals surface area contributed by atoms with E-state index in [9.17, 15) is 0 Å². The summed E-state index contributed by atoms with van der Waals surface area (Å²) in [5.41, 5.74) is 3.71. The molecule has 0 aliphatic heterocycles. The maximum absolute atomic E-state index is 5.42. The Morgan fingerprint density at radius 3 is 2.71 bits per heavy atom. The standard InChI is InChI=1S/C13H12BrIOS/c1-8-3-4-11(16-2)10(5-8)13(14)9-6-12(15)17-7-9/h3-7,13H,1-2H3. The molecule has 0 saturated carbocycles. The first-order valence-electron chi connectivity index (χ1n) is 5.14. The van der Waals surface area contributed by atoms with Crippen LogP contribution in [0.3, 0.4) is 0 Å². The van der Waals surface area contributed by atoms with Crippen LogP contribution in [0.4, 0.5) is 0 Å². The highest BCUT2D eigenvalue weighted by Crippen LogP contribution is 2.38. The van der Waals surface area contributed by atoms with E-state index < -0.39 is 0 Å². The number of benzene rings is 1. The second-order valence-electron chi connectivity index (χ2n) is 3.79. The summed E-state index contributed by atoms with van der Waals surface area (Å²) in [6.07, 6.45) is 0. The quantitative estimate of drug-likeness (QED) is 0.490. The van der Waals surface area contributed by atoms with Gasteiger partial charge in [-0.1, -0.05) is 33.6 Å². The molecule has 0 saturated heterocycles. The van der Waals surface area contributed by atoms with Crippen LogP contribution in [0.5, 0.6) is 5.75 Å². The molecule has 0 aliphatic carbocycles. The number of alkyl halides is 1. The van der Waals surface area contributed by atoms with Crippen LogP contribution in [-0.4, -0.2) is 7.11 Å². The molecule has 0 aliphatic rings. The fourth-order valence-electron chi connectivity index (χ4n) is 1.69. The van der Waals surface area contributed by atoms with Crippen LogP contribution in [0.25, 0.3) is 0 Å². The summed E-state index contributed by atoms with van der Waals surface area (Å²) in [7, 11) is 1.71. The molecule has 1 heterocycles. The summed E-state index contributed by atoms with van der Waals surface area (Å²) < 4.78 is 6.72. The summed E-state index contributed by atoms with van der Waals surface area (Å²) in [5, 5.41) is 2.18. The molecule has 1 unspecified atom stereocenters. The second kappa shape index (κ2) is 5.71. The van der Waals surface area contributed by atoms with Gasteiger partial charge in [0.05, 0.1) is 14.8 Å². The number of ether oxygens (including phenoxy) is 1. The maximum Gasteiger partial charge on any atom is 0.123 e. The average molecular weight is 423 g/mol. The van der Waals surface area contributed by atoms with Gasteiger partial charge in [0.15, 0.2) is 0 Å². The van der Waals surface area contributed by atoms with Gasteiger partial charge in [0, 0.05) is 5.56 Å². The van der Waals surface area contributed by atoms with E-state index in [1.54, 1.807) is 18.4 Å². The molecule has 0 N–H and O–H groups in total. The second-order valence-corrected chi connectivity index (χ2v) is 7.51. The number of hydrogen-bond acceptors (Lipinski definition) is 2. The third-order valence-corrected chi connectivity index (χ3v) is 5.37. The number of methoxy groups -OCH3 is 1. The van der Waals surface area contributed by atoms with Crippen molar-refractivity contribution in [3.8, 4) is 5.75 Å². The van der Waals surface area contributed by atoms with Crippen LogP contribution in [0.15, 0.2) is 29.6 Å². The third kappa shape index (κ3) is 3.03. The van der Waals surface area contributed by atoms with Crippen molar-refractivity contribution in [2.24, 2.45) is 0 Å². The first-order valence-corrected chi connectivity index (χ1v) is 8.01. The maximum atomic E-state index is 5.42. The molecule has 0 bridgehead atoms. The van der Waals surface area contributed by atoms with Gasteiger partial charge in [0.2, 0.25) is 0 Å². The Morgan fingerprint density at radius 1 is 1.35 bits per heavy atom. The predicted molar refractivity (Wildman–Crippen MR) is 85.5 cm³/mol. The van der Waals surface area contributed by atoms with E-state index in [0.717, 1.165) is 5.75 Å². The molecule has 0 fully saturated rings. The molecule has 1 aromatic heterocycles. The van der Waals surface area contributed by atoms with Gasteiger partial charge >= 0.3 is 0 Å². The van der Waals surface area contributed by atoms with Crippen molar-refractivity contribution in [3.05, 3.63) is 49.2 Å². The highest BCUT2D eigenvalue weighted by Gasteiger charge is 2.16. The number of thiophene rings is 1. The monoisotopic (exact) mass is 422 g/mol. The first kappa shape index (κ1) is 13.4. The SMILES string of the molecule is COc1ccc(C)cc1C(Br)c1csc(I)c1. The lowest BCUT2D eigenvalue weighted by atomic mass is 10.0. The zero-order chi connectivity index (χ0) is 12.4. The lowest BCUT2D eigenvalue weighted by Crippen LogP contribution is -1.96. The normalized spacial score (nSPS) is 12.5. The van der Waals surface area contributed by atoms with Gasteiger partial charge in [-0.15, -0.1) is 11.3 Å². The number of aryl methyl sites for hydroxylation is 1. The van der Waals surface area contributed by atoms with E-state index in [4.69, 9.17) is 4.74 Å². The van der Waals surface area contributed by atoms with Crippen molar-refractivity contribution in [3.63, 3.8) is 0 Å². The van der Waals surface area contributed by atoms with Crippen molar-refractivity contribution in [1.29, 1.82) is 0 Å². The highest BCUT2D eigenvalue weighted by atomic mass is 127. The largest absolute Gasteiger partial charge is 0.496 e. The minimum absolute atomic E-state index is 0.192. The van der Waals surface area contributed by atoms with Crippen LogP contribution >= 0.6 is 49.9 Å². The molecule has 1 nitrogen and oxygen atoms in total. The number of halogens is 2. The molecule has 90 valence electrons. The zero-order valence-corrected chi connectivity index (χ0v) is 14.1. The van der Waals surface area contributed by atoms with Crippen LogP contribution < -0.4 is 4.74 Å². The fourth-order valence-corrected chi connectivity index (χ4v) is 3.88. The Hall–Kier alpha value is -0.0700. The molecule has 2 rings (SSSR count). The molecule has 0 spiro atoms. The van der Waals surface area contributed by atoms with Crippen molar-refractivity contribution >= 4 is 49.9 Å². The summed E-state index contributed by atoms with van der Waals surface area (Å²) in [6, 6.07) is 8.46. The summed E-state index contributed by atoms with van der Waals surface area (Å²) in [5.74, 6) is 0.929. The third-order valence-electron chi connectivity index (χ3n) is 2.54. The molecule has 4 heteroatoms. The number of rotatable bonds is 3. The average Bonchev–Trinajstić information content (AvgIpc) is 2.75. The first-order chi connectivity index (χ1) is 8.11. The van der Waals surface area contributed by atoms with Gasteiger partial charge in [-0.2, -0.15) is 0 Å². The molecule has 1 atom stereocenters. The topological polar surface area (TPSA) is 9.23 Å². The van der Waals surface area contributed by atoms with Gasteiger partial charge in [-0.25, -0.2) is 0 Å². The van der Waals surface area contributed by atoms with Gasteiger partial charge < -0.3 is 4.74 Å². The van der Waals surface area contributed by atoms with Crippen molar-refractivity contribution in [2.75, 3.05) is 7.11 Å². The summed E-state index contributed by atoms with van der Waals surface area (Å²) in [4.78, 5) is 0.192. The molecule has 0 radical (unpaired) electrons. The smallest absolute Gasteiger partial charge is 0.123 e. The Bertz CT molecular complexity index is 524. The minimum atomic E-state index is 0.192.